The summed E-state index contributed by atoms with van der Waals surface area (Å²) in [4.78, 5) is 0. The Hall–Kier alpha value is -1.19. The van der Waals surface area contributed by atoms with Crippen LogP contribution in [0.4, 0.5) is 13.2 Å². The fourth-order valence-electron chi connectivity index (χ4n) is 1.53. The maximum atomic E-state index is 13.0. The summed E-state index contributed by atoms with van der Waals surface area (Å²) >= 11 is 0. The van der Waals surface area contributed by atoms with Gasteiger partial charge in [0.1, 0.15) is 5.75 Å². The maximum Gasteiger partial charge on any atom is 0.419 e. The van der Waals surface area contributed by atoms with Gasteiger partial charge in [-0.1, -0.05) is 26.8 Å². The van der Waals surface area contributed by atoms with Crippen molar-refractivity contribution in [2.75, 3.05) is 0 Å². The Morgan fingerprint density at radius 2 is 1.78 bits per heavy atom. The number of alkyl halides is 3. The predicted octanol–water partition coefficient (Wildman–Crippen LogP) is 5.01. The molecule has 0 radical (unpaired) electrons. The van der Waals surface area contributed by atoms with Crippen molar-refractivity contribution in [3.05, 3.63) is 29.3 Å². The Morgan fingerprint density at radius 1 is 1.17 bits per heavy atom. The van der Waals surface area contributed by atoms with Crippen LogP contribution in [0.25, 0.3) is 0 Å². The molecule has 0 bridgehead atoms. The second-order valence-electron chi connectivity index (χ2n) is 4.74. The van der Waals surface area contributed by atoms with Gasteiger partial charge in [0.2, 0.25) is 0 Å². The molecule has 0 aromatic heterocycles. The lowest BCUT2D eigenvalue weighted by molar-refractivity contribution is -0.139. The molecule has 0 aliphatic carbocycles. The van der Waals surface area contributed by atoms with E-state index in [9.17, 15) is 13.2 Å². The van der Waals surface area contributed by atoms with E-state index in [2.05, 4.69) is 0 Å². The number of halogens is 3. The lowest BCUT2D eigenvalue weighted by Gasteiger charge is -2.19. The number of rotatable bonds is 4. The summed E-state index contributed by atoms with van der Waals surface area (Å²) in [5, 5.41) is 0. The third kappa shape index (κ3) is 3.65. The van der Waals surface area contributed by atoms with Crippen LogP contribution in [0.2, 0.25) is 0 Å². The normalized spacial score (nSPS) is 13.8. The minimum Gasteiger partial charge on any atom is -0.490 e. The quantitative estimate of drug-likeness (QED) is 0.739. The van der Waals surface area contributed by atoms with E-state index in [1.165, 1.54) is 12.1 Å². The summed E-state index contributed by atoms with van der Waals surface area (Å²) in [6.07, 6.45) is -3.94. The summed E-state index contributed by atoms with van der Waals surface area (Å²) in [6, 6.07) is 4.30. The van der Waals surface area contributed by atoms with E-state index in [-0.39, 0.29) is 17.8 Å². The Labute approximate surface area is 106 Å². The molecule has 1 rings (SSSR count). The summed E-state index contributed by atoms with van der Waals surface area (Å²) in [7, 11) is 0. The maximum absolute atomic E-state index is 13.0. The van der Waals surface area contributed by atoms with Crippen molar-refractivity contribution in [2.24, 2.45) is 0 Å². The zero-order chi connectivity index (χ0) is 13.9. The highest BCUT2D eigenvalue weighted by Gasteiger charge is 2.35. The molecule has 0 saturated carbocycles. The van der Waals surface area contributed by atoms with Crippen molar-refractivity contribution in [1.29, 1.82) is 0 Å². The molecule has 0 fully saturated rings. The SMILES string of the molecule is CC[C@H](C)Oc1ccc(C(C)C)cc1C(F)(F)F. The van der Waals surface area contributed by atoms with Gasteiger partial charge in [0.15, 0.2) is 0 Å². The molecular formula is C14H19F3O. The van der Waals surface area contributed by atoms with Gasteiger partial charge < -0.3 is 4.74 Å². The van der Waals surface area contributed by atoms with E-state index < -0.39 is 11.7 Å². The van der Waals surface area contributed by atoms with Crippen LogP contribution >= 0.6 is 0 Å². The first-order chi connectivity index (χ1) is 8.25. The van der Waals surface area contributed by atoms with E-state index >= 15 is 0 Å². The minimum atomic E-state index is -4.38. The van der Waals surface area contributed by atoms with Crippen LogP contribution in [0, 0.1) is 0 Å². The van der Waals surface area contributed by atoms with Gasteiger partial charge in [-0.15, -0.1) is 0 Å². The Bertz CT molecular complexity index is 397. The molecule has 0 aliphatic rings. The topological polar surface area (TPSA) is 9.23 Å². The molecule has 0 amide bonds. The van der Waals surface area contributed by atoms with Gasteiger partial charge in [-0.25, -0.2) is 0 Å². The number of hydrogen-bond donors (Lipinski definition) is 0. The van der Waals surface area contributed by atoms with Gasteiger partial charge in [0, 0.05) is 0 Å². The minimum absolute atomic E-state index is 0.0590. The molecule has 102 valence electrons. The van der Waals surface area contributed by atoms with Gasteiger partial charge in [0.05, 0.1) is 11.7 Å². The van der Waals surface area contributed by atoms with Crippen LogP contribution in [0.1, 0.15) is 51.2 Å². The molecule has 0 saturated heterocycles. The van der Waals surface area contributed by atoms with Crippen molar-refractivity contribution in [1.82, 2.24) is 0 Å². The molecule has 1 aromatic carbocycles. The highest BCUT2D eigenvalue weighted by atomic mass is 19.4. The molecule has 1 aromatic rings. The fourth-order valence-corrected chi connectivity index (χ4v) is 1.53. The average molecular weight is 260 g/mol. The lowest BCUT2D eigenvalue weighted by Crippen LogP contribution is -2.15. The zero-order valence-electron chi connectivity index (χ0n) is 11.1. The van der Waals surface area contributed by atoms with Gasteiger partial charge in [-0.05, 0) is 37.0 Å². The third-order valence-electron chi connectivity index (χ3n) is 2.88. The van der Waals surface area contributed by atoms with E-state index in [4.69, 9.17) is 4.74 Å². The van der Waals surface area contributed by atoms with Crippen molar-refractivity contribution in [2.45, 2.75) is 52.3 Å². The number of hydrogen-bond acceptors (Lipinski definition) is 1. The Kier molecular flexibility index (Phi) is 4.65. The molecule has 0 unspecified atom stereocenters. The van der Waals surface area contributed by atoms with Gasteiger partial charge >= 0.3 is 6.18 Å². The summed E-state index contributed by atoms with van der Waals surface area (Å²) in [5.74, 6) is -0.0231. The Balaban J connectivity index is 3.17. The predicted molar refractivity (Wildman–Crippen MR) is 65.9 cm³/mol. The van der Waals surface area contributed by atoms with Gasteiger partial charge in [0.25, 0.3) is 0 Å². The van der Waals surface area contributed by atoms with E-state index in [1.807, 2.05) is 20.8 Å². The molecule has 1 atom stereocenters. The molecule has 0 heterocycles. The monoisotopic (exact) mass is 260 g/mol. The summed E-state index contributed by atoms with van der Waals surface area (Å²) in [5.41, 5.74) is -0.0205. The molecule has 0 spiro atoms. The highest BCUT2D eigenvalue weighted by molar-refractivity contribution is 5.40. The molecule has 18 heavy (non-hydrogen) atoms. The van der Waals surface area contributed by atoms with Crippen LogP contribution < -0.4 is 4.74 Å². The summed E-state index contributed by atoms with van der Waals surface area (Å²) < 4.78 is 44.2. The van der Waals surface area contributed by atoms with E-state index in [1.54, 1.807) is 13.0 Å². The first-order valence-electron chi connectivity index (χ1n) is 6.13. The van der Waals surface area contributed by atoms with Gasteiger partial charge in [-0.3, -0.25) is 0 Å². The molecule has 0 N–H and O–H groups in total. The average Bonchev–Trinajstić information content (AvgIpc) is 2.27. The first-order valence-corrected chi connectivity index (χ1v) is 6.13. The fraction of sp³-hybridized carbons (Fsp3) is 0.571. The van der Waals surface area contributed by atoms with Crippen molar-refractivity contribution < 1.29 is 17.9 Å². The van der Waals surface area contributed by atoms with Crippen LogP contribution in [-0.4, -0.2) is 6.10 Å². The van der Waals surface area contributed by atoms with E-state index in [0.717, 1.165) is 0 Å². The standard InChI is InChI=1S/C14H19F3O/c1-5-10(4)18-13-7-6-11(9(2)3)8-12(13)14(15,16)17/h6-10H,5H2,1-4H3/t10-/m0/s1. The first kappa shape index (κ1) is 14.9. The van der Waals surface area contributed by atoms with Crippen LogP contribution in [0.5, 0.6) is 5.75 Å². The van der Waals surface area contributed by atoms with Crippen LogP contribution in [0.3, 0.4) is 0 Å². The van der Waals surface area contributed by atoms with Crippen molar-refractivity contribution in [3.8, 4) is 5.75 Å². The van der Waals surface area contributed by atoms with Crippen LogP contribution in [0.15, 0.2) is 18.2 Å². The number of benzene rings is 1. The third-order valence-corrected chi connectivity index (χ3v) is 2.88. The van der Waals surface area contributed by atoms with Crippen molar-refractivity contribution >= 4 is 0 Å². The second kappa shape index (κ2) is 5.63. The summed E-state index contributed by atoms with van der Waals surface area (Å²) in [6.45, 7) is 7.37. The molecule has 0 aliphatic heterocycles. The van der Waals surface area contributed by atoms with Gasteiger partial charge in [-0.2, -0.15) is 13.2 Å². The molecular weight excluding hydrogens is 241 g/mol. The van der Waals surface area contributed by atoms with Crippen LogP contribution in [-0.2, 0) is 6.18 Å². The second-order valence-corrected chi connectivity index (χ2v) is 4.74. The van der Waals surface area contributed by atoms with E-state index in [0.29, 0.717) is 12.0 Å². The molecule has 4 heteroatoms. The molecule has 1 nitrogen and oxygen atoms in total. The lowest BCUT2D eigenvalue weighted by atomic mass is 10.00. The number of ether oxygens (including phenoxy) is 1. The van der Waals surface area contributed by atoms with Crippen molar-refractivity contribution in [3.63, 3.8) is 0 Å². The Morgan fingerprint density at radius 3 is 2.22 bits per heavy atom. The highest BCUT2D eigenvalue weighted by Crippen LogP contribution is 2.38. The largest absolute Gasteiger partial charge is 0.490 e. The smallest absolute Gasteiger partial charge is 0.419 e. The zero-order valence-corrected chi connectivity index (χ0v) is 11.1.